The number of phosphoric acid groups is 2. The second kappa shape index (κ2) is 11.9. The van der Waals surface area contributed by atoms with Crippen molar-refractivity contribution in [3.05, 3.63) is 0 Å². The fraction of sp³-hybridized carbons (Fsp3) is 1.00. The Kier molecular flexibility index (Phi) is 12.0. The molecule has 0 radical (unpaired) electrons. The Bertz CT molecular complexity index is 541. The first-order valence-corrected chi connectivity index (χ1v) is 11.9. The van der Waals surface area contributed by atoms with Crippen molar-refractivity contribution in [1.82, 2.24) is 10.9 Å². The minimum absolute atomic E-state index is 0.442. The molecule has 17 heteroatoms. The van der Waals surface area contributed by atoms with E-state index in [2.05, 4.69) is 23.4 Å². The summed E-state index contributed by atoms with van der Waals surface area (Å²) >= 11 is 0. The zero-order valence-corrected chi connectivity index (χ0v) is 16.6. The molecule has 5 atom stereocenters. The summed E-state index contributed by atoms with van der Waals surface area (Å²) in [5, 5.41) is 2.49. The Labute approximate surface area is 149 Å². The molecular formula is C9H21FN2O11P3-3. The third-order valence-corrected chi connectivity index (χ3v) is 4.68. The molecule has 0 saturated carbocycles. The van der Waals surface area contributed by atoms with E-state index >= 15 is 0 Å². The fourth-order valence-electron chi connectivity index (χ4n) is 1.33. The van der Waals surface area contributed by atoms with Gasteiger partial charge < -0.3 is 47.6 Å². The van der Waals surface area contributed by atoms with E-state index in [0.29, 0.717) is 0 Å². The first-order valence-electron chi connectivity index (χ1n) is 7.00. The number of halogens is 1. The summed E-state index contributed by atoms with van der Waals surface area (Å²) in [6, 6.07) is -0.923. The molecule has 0 spiro atoms. The molecule has 0 heterocycles. The van der Waals surface area contributed by atoms with E-state index in [-0.39, 0.29) is 0 Å². The second-order valence-corrected chi connectivity index (χ2v) is 9.47. The van der Waals surface area contributed by atoms with Crippen molar-refractivity contribution in [3.63, 3.8) is 0 Å². The van der Waals surface area contributed by atoms with Crippen LogP contribution in [0.25, 0.3) is 0 Å². The zero-order valence-electron chi connectivity index (χ0n) is 13.9. The van der Waals surface area contributed by atoms with Gasteiger partial charge in [-0.1, -0.05) is 0 Å². The topological polar surface area (TPSA) is 202 Å². The average molecular weight is 445 g/mol. The molecular weight excluding hydrogens is 424 g/mol. The molecule has 5 unspecified atom stereocenters. The van der Waals surface area contributed by atoms with Crippen molar-refractivity contribution in [3.8, 4) is 0 Å². The summed E-state index contributed by atoms with van der Waals surface area (Å²) < 4.78 is 62.8. The Hall–Kier alpha value is 0.220. The molecule has 0 aromatic heterocycles. The molecule has 26 heavy (non-hydrogen) atoms. The van der Waals surface area contributed by atoms with Crippen LogP contribution in [0.15, 0.2) is 0 Å². The van der Waals surface area contributed by atoms with Gasteiger partial charge in [0.2, 0.25) is 0 Å². The normalized spacial score (nSPS) is 21.3. The lowest BCUT2D eigenvalue weighted by Crippen LogP contribution is -2.35. The average Bonchev–Trinajstić information content (AvgIpc) is 2.48. The number of hydrogen-bond donors (Lipinski definition) is 3. The summed E-state index contributed by atoms with van der Waals surface area (Å²) in [4.78, 5) is 41.5. The monoisotopic (exact) mass is 445 g/mol. The molecule has 3 N–H and O–H groups in total. The number of phosphoric ester groups is 2. The lowest BCUT2D eigenvalue weighted by Gasteiger charge is -2.28. The van der Waals surface area contributed by atoms with E-state index in [1.807, 2.05) is 0 Å². The van der Waals surface area contributed by atoms with E-state index in [9.17, 15) is 32.9 Å². The molecule has 0 aliphatic rings. The number of nitrogens with one attached hydrogen (secondary N) is 2. The molecule has 0 aromatic carbocycles. The second-order valence-electron chi connectivity index (χ2n) is 5.06. The maximum Gasteiger partial charge on any atom is 0.267 e. The maximum atomic E-state index is 12.2. The highest BCUT2D eigenvalue weighted by molar-refractivity contribution is 7.50. The molecule has 0 aromatic rings. The molecule has 0 bridgehead atoms. The predicted octanol–water partition coefficient (Wildman–Crippen LogP) is -2.16. The van der Waals surface area contributed by atoms with Crippen LogP contribution < -0.4 is 25.5 Å². The molecule has 0 amide bonds. The van der Waals surface area contributed by atoms with Gasteiger partial charge in [-0.15, -0.1) is 4.48 Å². The van der Waals surface area contributed by atoms with Crippen LogP contribution in [0, 0.1) is 5.92 Å². The van der Waals surface area contributed by atoms with Crippen molar-refractivity contribution < 1.29 is 55.8 Å². The number of hydrogen-bond acceptors (Lipinski definition) is 12. The quantitative estimate of drug-likeness (QED) is 0.182. The van der Waals surface area contributed by atoms with E-state index < -0.39 is 68.2 Å². The van der Waals surface area contributed by atoms with Crippen LogP contribution in [0.4, 0.5) is 4.48 Å². The van der Waals surface area contributed by atoms with Gasteiger partial charge in [0, 0.05) is 19.1 Å². The van der Waals surface area contributed by atoms with E-state index in [0.717, 1.165) is 6.66 Å². The number of likely N-dealkylation sites (N-methyl/N-ethyl adjacent to an activating group) is 1. The summed E-state index contributed by atoms with van der Waals surface area (Å²) in [5.41, 5.74) is 1.24. The van der Waals surface area contributed by atoms with Gasteiger partial charge in [0.1, 0.15) is 7.60 Å². The van der Waals surface area contributed by atoms with Crippen LogP contribution in [0.5, 0.6) is 0 Å². The van der Waals surface area contributed by atoms with Crippen molar-refractivity contribution >= 4 is 23.2 Å². The number of rotatable bonds is 15. The van der Waals surface area contributed by atoms with E-state index in [4.69, 9.17) is 4.89 Å². The molecule has 0 aliphatic carbocycles. The van der Waals surface area contributed by atoms with Gasteiger partial charge in [-0.25, -0.2) is 0 Å². The Morgan fingerprint density at radius 2 is 1.50 bits per heavy atom. The van der Waals surface area contributed by atoms with Gasteiger partial charge in [0.25, 0.3) is 15.6 Å². The molecule has 0 saturated heterocycles. The Morgan fingerprint density at radius 3 is 1.96 bits per heavy atom. The lowest BCUT2D eigenvalue weighted by molar-refractivity contribution is -0.227. The third kappa shape index (κ3) is 15.3. The zero-order chi connectivity index (χ0) is 20.4. The van der Waals surface area contributed by atoms with Gasteiger partial charge in [0.05, 0.1) is 32.5 Å². The smallest absolute Gasteiger partial charge is 0.267 e. The van der Waals surface area contributed by atoms with Gasteiger partial charge >= 0.3 is 0 Å². The van der Waals surface area contributed by atoms with Crippen LogP contribution in [-0.4, -0.2) is 57.6 Å². The predicted molar refractivity (Wildman–Crippen MR) is 80.2 cm³/mol. The van der Waals surface area contributed by atoms with Gasteiger partial charge in [-0.2, -0.15) is 5.54 Å². The summed E-state index contributed by atoms with van der Waals surface area (Å²) in [5.74, 6) is -0.961. The minimum Gasteiger partial charge on any atom is -0.779 e. The largest absolute Gasteiger partial charge is 0.779 e. The summed E-state index contributed by atoms with van der Waals surface area (Å²) in [6.45, 7) is -2.00. The summed E-state index contributed by atoms with van der Waals surface area (Å²) in [7, 11) is -12.6. The molecule has 0 rings (SSSR count). The highest BCUT2D eigenvalue weighted by Gasteiger charge is 2.19. The van der Waals surface area contributed by atoms with Crippen molar-refractivity contribution in [2.24, 2.45) is 5.92 Å². The van der Waals surface area contributed by atoms with Gasteiger partial charge in [-0.3, -0.25) is 9.13 Å². The first kappa shape index (κ1) is 26.2. The van der Waals surface area contributed by atoms with Crippen molar-refractivity contribution in [2.45, 2.75) is 6.04 Å². The SMILES string of the molecule is CNC(COP(=O)([O-])O)COP(=O)([O-])OCC(CNF)COP(C)(=O)[O-]. The van der Waals surface area contributed by atoms with Crippen molar-refractivity contribution in [1.29, 1.82) is 0 Å². The Balaban J connectivity index is 4.44. The van der Waals surface area contributed by atoms with Crippen LogP contribution >= 0.6 is 23.2 Å². The standard InChI is InChI=1S/C9H24FN2O11P3/c1-11-9(6-21-25(15,16)17)7-23-26(18,19)22-5-8(3-12-10)4-20-24(2,13)14/h8-9,11-12H,3-7H2,1-2H3,(H,13,14)(H,18,19)(H2,15,16,17)/p-3. The molecule has 0 aliphatic heterocycles. The molecule has 0 fully saturated rings. The van der Waals surface area contributed by atoms with Crippen molar-refractivity contribution in [2.75, 3.05) is 46.7 Å². The highest BCUT2D eigenvalue weighted by Crippen LogP contribution is 2.39. The van der Waals surface area contributed by atoms with Crippen LogP contribution in [0.3, 0.4) is 0 Å². The van der Waals surface area contributed by atoms with E-state index in [1.165, 1.54) is 12.6 Å². The third-order valence-electron chi connectivity index (χ3n) is 2.66. The van der Waals surface area contributed by atoms with E-state index in [1.54, 1.807) is 0 Å². The highest BCUT2D eigenvalue weighted by atomic mass is 31.2. The van der Waals surface area contributed by atoms with Crippen LogP contribution in [-0.2, 0) is 31.8 Å². The van der Waals surface area contributed by atoms with Gasteiger partial charge in [-0.05, 0) is 7.05 Å². The molecule has 158 valence electrons. The Morgan fingerprint density at radius 1 is 1.00 bits per heavy atom. The van der Waals surface area contributed by atoms with Crippen LogP contribution in [0.1, 0.15) is 0 Å². The fourth-order valence-corrected chi connectivity index (χ4v) is 3.01. The molecule has 13 nitrogen and oxygen atoms in total. The van der Waals surface area contributed by atoms with Crippen LogP contribution in [0.2, 0.25) is 0 Å². The lowest BCUT2D eigenvalue weighted by atomic mass is 10.2. The summed E-state index contributed by atoms with van der Waals surface area (Å²) in [6.07, 6.45) is 0. The maximum absolute atomic E-state index is 12.2. The van der Waals surface area contributed by atoms with Gasteiger partial charge in [0.15, 0.2) is 0 Å². The first-order chi connectivity index (χ1) is 11.8. The minimum atomic E-state index is -4.98.